The molecule has 2 atom stereocenters. The van der Waals surface area contributed by atoms with E-state index in [1.165, 1.54) is 0 Å². The van der Waals surface area contributed by atoms with Crippen LogP contribution in [-0.2, 0) is 0 Å². The van der Waals surface area contributed by atoms with Crippen LogP contribution in [0.1, 0.15) is 52.6 Å². The molecule has 1 rings (SSSR count). The van der Waals surface area contributed by atoms with Gasteiger partial charge in [-0.25, -0.2) is 4.39 Å². The quantitative estimate of drug-likeness (QED) is 0.771. The van der Waals surface area contributed by atoms with Crippen LogP contribution < -0.4 is 5.32 Å². The van der Waals surface area contributed by atoms with Crippen molar-refractivity contribution in [2.45, 2.75) is 52.6 Å². The van der Waals surface area contributed by atoms with Crippen molar-refractivity contribution in [3.05, 3.63) is 35.6 Å². The third-order valence-corrected chi connectivity index (χ3v) is 4.69. The van der Waals surface area contributed by atoms with Gasteiger partial charge in [0.05, 0.1) is 0 Å². The Bertz CT molecular complexity index is 431. The van der Waals surface area contributed by atoms with Crippen LogP contribution in [0.2, 0.25) is 0 Å². The number of benzene rings is 1. The normalized spacial score (nSPS) is 15.2. The van der Waals surface area contributed by atoms with Crippen molar-refractivity contribution in [2.75, 3.05) is 20.1 Å². The minimum Gasteiger partial charge on any atom is -0.310 e. The van der Waals surface area contributed by atoms with Crippen molar-refractivity contribution in [3.8, 4) is 0 Å². The lowest BCUT2D eigenvalue weighted by atomic mass is 9.91. The van der Waals surface area contributed by atoms with Gasteiger partial charge in [-0.05, 0) is 45.8 Å². The Kier molecular flexibility index (Phi) is 6.82. The minimum atomic E-state index is -0.118. The van der Waals surface area contributed by atoms with Crippen LogP contribution >= 0.6 is 0 Å². The molecule has 0 saturated carbocycles. The van der Waals surface area contributed by atoms with Crippen molar-refractivity contribution in [1.82, 2.24) is 10.2 Å². The SMILES string of the molecule is CCNC(c1ccccc1F)C(C)CN(C)C(C)(C)CC. The summed E-state index contributed by atoms with van der Waals surface area (Å²) in [6, 6.07) is 7.15. The van der Waals surface area contributed by atoms with E-state index >= 15 is 0 Å². The van der Waals surface area contributed by atoms with E-state index < -0.39 is 0 Å². The van der Waals surface area contributed by atoms with Crippen LogP contribution in [0.25, 0.3) is 0 Å². The Labute approximate surface area is 129 Å². The van der Waals surface area contributed by atoms with E-state index in [2.05, 4.69) is 51.9 Å². The van der Waals surface area contributed by atoms with E-state index in [4.69, 9.17) is 0 Å². The summed E-state index contributed by atoms with van der Waals surface area (Å²) in [5.41, 5.74) is 0.940. The first-order chi connectivity index (χ1) is 9.83. The summed E-state index contributed by atoms with van der Waals surface area (Å²) in [5.74, 6) is 0.213. The van der Waals surface area contributed by atoms with Crippen LogP contribution in [0.3, 0.4) is 0 Å². The van der Waals surface area contributed by atoms with Crippen molar-refractivity contribution >= 4 is 0 Å². The Hall–Kier alpha value is -0.930. The zero-order chi connectivity index (χ0) is 16.0. The molecule has 0 amide bonds. The van der Waals surface area contributed by atoms with Gasteiger partial charge in [0, 0.05) is 23.7 Å². The first kappa shape index (κ1) is 18.1. The predicted molar refractivity (Wildman–Crippen MR) is 89.0 cm³/mol. The third-order valence-electron chi connectivity index (χ3n) is 4.69. The molecular weight excluding hydrogens is 263 g/mol. The van der Waals surface area contributed by atoms with Crippen molar-refractivity contribution in [1.29, 1.82) is 0 Å². The molecule has 1 aromatic carbocycles. The zero-order valence-corrected chi connectivity index (χ0v) is 14.4. The van der Waals surface area contributed by atoms with Gasteiger partial charge in [-0.2, -0.15) is 0 Å². The van der Waals surface area contributed by atoms with Gasteiger partial charge in [0.25, 0.3) is 0 Å². The Morgan fingerprint density at radius 3 is 2.38 bits per heavy atom. The Morgan fingerprint density at radius 1 is 1.24 bits per heavy atom. The number of hydrogen-bond acceptors (Lipinski definition) is 2. The average Bonchev–Trinajstić information content (AvgIpc) is 2.45. The largest absolute Gasteiger partial charge is 0.310 e. The highest BCUT2D eigenvalue weighted by Crippen LogP contribution is 2.27. The van der Waals surface area contributed by atoms with Gasteiger partial charge in [0.15, 0.2) is 0 Å². The maximum Gasteiger partial charge on any atom is 0.127 e. The van der Waals surface area contributed by atoms with Crippen LogP contribution in [-0.4, -0.2) is 30.6 Å². The van der Waals surface area contributed by atoms with Gasteiger partial charge in [-0.3, -0.25) is 0 Å². The molecule has 120 valence electrons. The van der Waals surface area contributed by atoms with Gasteiger partial charge < -0.3 is 10.2 Å². The molecule has 0 heterocycles. The Morgan fingerprint density at radius 2 is 1.86 bits per heavy atom. The third kappa shape index (κ3) is 4.79. The fourth-order valence-electron chi connectivity index (χ4n) is 2.62. The summed E-state index contributed by atoms with van der Waals surface area (Å²) < 4.78 is 14.1. The second-order valence-electron chi connectivity index (χ2n) is 6.58. The lowest BCUT2D eigenvalue weighted by molar-refractivity contribution is 0.120. The zero-order valence-electron chi connectivity index (χ0n) is 14.4. The lowest BCUT2D eigenvalue weighted by Crippen LogP contribution is -2.45. The molecule has 0 aliphatic heterocycles. The predicted octanol–water partition coefficient (Wildman–Crippen LogP) is 4.23. The molecule has 2 unspecified atom stereocenters. The van der Waals surface area contributed by atoms with E-state index in [1.54, 1.807) is 12.1 Å². The first-order valence-electron chi connectivity index (χ1n) is 8.02. The second kappa shape index (κ2) is 7.90. The fraction of sp³-hybridized carbons (Fsp3) is 0.667. The highest BCUT2D eigenvalue weighted by atomic mass is 19.1. The molecule has 0 aliphatic carbocycles. The summed E-state index contributed by atoms with van der Waals surface area (Å²) in [5, 5.41) is 3.45. The van der Waals surface area contributed by atoms with Gasteiger partial charge in [-0.15, -0.1) is 0 Å². The van der Waals surface area contributed by atoms with Crippen LogP contribution in [0, 0.1) is 11.7 Å². The summed E-state index contributed by atoms with van der Waals surface area (Å²) in [6.45, 7) is 12.8. The Balaban J connectivity index is 2.89. The van der Waals surface area contributed by atoms with Crippen LogP contribution in [0.4, 0.5) is 4.39 Å². The van der Waals surface area contributed by atoms with E-state index in [1.807, 2.05) is 12.1 Å². The van der Waals surface area contributed by atoms with E-state index in [0.29, 0.717) is 5.92 Å². The summed E-state index contributed by atoms with van der Waals surface area (Å²) in [7, 11) is 2.16. The van der Waals surface area contributed by atoms with Gasteiger partial charge in [0.1, 0.15) is 5.82 Å². The lowest BCUT2D eigenvalue weighted by Gasteiger charge is -2.38. The summed E-state index contributed by atoms with van der Waals surface area (Å²) >= 11 is 0. The molecular formula is C18H31FN2. The van der Waals surface area contributed by atoms with Crippen molar-refractivity contribution < 1.29 is 4.39 Å². The van der Waals surface area contributed by atoms with E-state index in [0.717, 1.165) is 25.1 Å². The highest BCUT2D eigenvalue weighted by Gasteiger charge is 2.27. The number of nitrogens with zero attached hydrogens (tertiary/aromatic N) is 1. The van der Waals surface area contributed by atoms with Gasteiger partial charge in [0.2, 0.25) is 0 Å². The molecule has 3 heteroatoms. The molecule has 0 aliphatic rings. The monoisotopic (exact) mass is 294 g/mol. The minimum absolute atomic E-state index is 0.0475. The molecule has 1 aromatic rings. The summed E-state index contributed by atoms with van der Waals surface area (Å²) in [4.78, 5) is 2.38. The maximum atomic E-state index is 14.1. The highest BCUT2D eigenvalue weighted by molar-refractivity contribution is 5.22. The number of hydrogen-bond donors (Lipinski definition) is 1. The molecule has 0 spiro atoms. The van der Waals surface area contributed by atoms with Gasteiger partial charge in [-0.1, -0.05) is 39.0 Å². The van der Waals surface area contributed by atoms with Crippen molar-refractivity contribution in [3.63, 3.8) is 0 Å². The number of nitrogens with one attached hydrogen (secondary N) is 1. The van der Waals surface area contributed by atoms with Crippen molar-refractivity contribution in [2.24, 2.45) is 5.92 Å². The number of halogens is 1. The molecule has 2 nitrogen and oxygen atoms in total. The molecule has 0 aromatic heterocycles. The molecule has 0 saturated heterocycles. The van der Waals surface area contributed by atoms with Gasteiger partial charge >= 0.3 is 0 Å². The molecule has 0 radical (unpaired) electrons. The smallest absolute Gasteiger partial charge is 0.127 e. The molecule has 0 fully saturated rings. The number of rotatable bonds is 8. The standard InChI is InChI=1S/C18H31FN2/c1-7-18(4,5)21(6)13-14(3)17(20-8-2)15-11-9-10-12-16(15)19/h9-12,14,17,20H,7-8,13H2,1-6H3. The fourth-order valence-corrected chi connectivity index (χ4v) is 2.62. The summed E-state index contributed by atoms with van der Waals surface area (Å²) in [6.07, 6.45) is 1.10. The van der Waals surface area contributed by atoms with Crippen LogP contribution in [0.15, 0.2) is 24.3 Å². The molecule has 0 bridgehead atoms. The van der Waals surface area contributed by atoms with E-state index in [-0.39, 0.29) is 17.4 Å². The average molecular weight is 294 g/mol. The maximum absolute atomic E-state index is 14.1. The molecule has 21 heavy (non-hydrogen) atoms. The molecule has 1 N–H and O–H groups in total. The van der Waals surface area contributed by atoms with Crippen LogP contribution in [0.5, 0.6) is 0 Å². The van der Waals surface area contributed by atoms with E-state index in [9.17, 15) is 4.39 Å². The topological polar surface area (TPSA) is 15.3 Å². The first-order valence-corrected chi connectivity index (χ1v) is 8.02. The second-order valence-corrected chi connectivity index (χ2v) is 6.58.